The third-order valence-corrected chi connectivity index (χ3v) is 4.43. The lowest BCUT2D eigenvalue weighted by Crippen LogP contribution is -2.16. The Kier molecular flexibility index (Phi) is 6.31. The van der Waals surface area contributed by atoms with Crippen molar-refractivity contribution in [1.29, 1.82) is 0 Å². The molecule has 0 aliphatic heterocycles. The van der Waals surface area contributed by atoms with E-state index in [2.05, 4.69) is 31.2 Å². The Balaban J connectivity index is 1.85. The largest absolute Gasteiger partial charge is 0.309 e. The number of hydrogen-bond acceptors (Lipinski definition) is 3. The summed E-state index contributed by atoms with van der Waals surface area (Å²) < 4.78 is 14.1. The highest BCUT2D eigenvalue weighted by Gasteiger charge is 2.11. The molecule has 3 aromatic rings. The van der Waals surface area contributed by atoms with Crippen LogP contribution in [0.4, 0.5) is 10.2 Å². The third-order valence-electron chi connectivity index (χ3n) is 3.90. The molecule has 0 unspecified atom stereocenters. The first-order valence-corrected chi connectivity index (χ1v) is 9.52. The Morgan fingerprint density at radius 1 is 1.11 bits per heavy atom. The topological polar surface area (TPSA) is 54.9 Å². The number of rotatable bonds is 5. The number of benzene rings is 2. The molecule has 2 aromatic carbocycles. The number of allylic oxidation sites excluding steroid dienone is 1. The lowest BCUT2D eigenvalue weighted by atomic mass is 10.1. The van der Waals surface area contributed by atoms with Gasteiger partial charge >= 0.3 is 0 Å². The summed E-state index contributed by atoms with van der Waals surface area (Å²) in [7, 11) is 0. The lowest BCUT2D eigenvalue weighted by Gasteiger charge is -2.10. The van der Waals surface area contributed by atoms with Gasteiger partial charge < -0.3 is 5.32 Å². The first-order chi connectivity index (χ1) is 13.4. The normalized spacial score (nSPS) is 10.4. The predicted molar refractivity (Wildman–Crippen MR) is 113 cm³/mol. The Morgan fingerprint density at radius 2 is 1.79 bits per heavy atom. The van der Waals surface area contributed by atoms with Crippen LogP contribution in [0.1, 0.15) is 25.1 Å². The fourth-order valence-corrected chi connectivity index (χ4v) is 2.86. The lowest BCUT2D eigenvalue weighted by molar-refractivity contribution is -0.115. The maximum atomic E-state index is 13.2. The van der Waals surface area contributed by atoms with Crippen LogP contribution in [0.2, 0.25) is 0 Å². The summed E-state index contributed by atoms with van der Waals surface area (Å²) in [6.45, 7) is 3.89. The minimum Gasteiger partial charge on any atom is -0.309 e. The maximum absolute atomic E-state index is 13.2. The first kappa shape index (κ1) is 19.9. The average Bonchev–Trinajstić information content (AvgIpc) is 2.65. The minimum absolute atomic E-state index is 0.172. The SMILES string of the molecule is CC(C)=Cc1nc(-c2ccc(F)cc2)cnc1NC(=O)Cc1ccc(Br)cc1. The van der Waals surface area contributed by atoms with Gasteiger partial charge in [-0.25, -0.2) is 14.4 Å². The van der Waals surface area contributed by atoms with Crippen LogP contribution in [0, 0.1) is 5.82 Å². The molecule has 1 amide bonds. The van der Waals surface area contributed by atoms with E-state index in [0.29, 0.717) is 17.2 Å². The molecule has 0 bridgehead atoms. The van der Waals surface area contributed by atoms with Gasteiger partial charge in [-0.1, -0.05) is 33.6 Å². The van der Waals surface area contributed by atoms with Crippen LogP contribution in [0.15, 0.2) is 64.8 Å². The van der Waals surface area contributed by atoms with Crippen LogP contribution in [0.5, 0.6) is 0 Å². The summed E-state index contributed by atoms with van der Waals surface area (Å²) >= 11 is 3.38. The van der Waals surface area contributed by atoms with Crippen molar-refractivity contribution in [1.82, 2.24) is 9.97 Å². The zero-order chi connectivity index (χ0) is 20.1. The van der Waals surface area contributed by atoms with E-state index in [4.69, 9.17) is 0 Å². The van der Waals surface area contributed by atoms with E-state index >= 15 is 0 Å². The number of amides is 1. The second-order valence-electron chi connectivity index (χ2n) is 6.57. The van der Waals surface area contributed by atoms with Crippen LogP contribution in [-0.2, 0) is 11.2 Å². The molecule has 0 aliphatic rings. The fourth-order valence-electron chi connectivity index (χ4n) is 2.60. The highest BCUT2D eigenvalue weighted by atomic mass is 79.9. The fraction of sp³-hybridized carbons (Fsp3) is 0.136. The van der Waals surface area contributed by atoms with Crippen molar-refractivity contribution in [2.75, 3.05) is 5.32 Å². The summed E-state index contributed by atoms with van der Waals surface area (Å²) in [5.74, 6) is -0.0817. The second kappa shape index (κ2) is 8.89. The molecule has 0 saturated heterocycles. The molecule has 0 atom stereocenters. The number of nitrogens with one attached hydrogen (secondary N) is 1. The molecule has 0 aliphatic carbocycles. The molecule has 3 rings (SSSR count). The van der Waals surface area contributed by atoms with Gasteiger partial charge in [0.1, 0.15) is 11.5 Å². The maximum Gasteiger partial charge on any atom is 0.230 e. The Morgan fingerprint density at radius 3 is 2.43 bits per heavy atom. The predicted octanol–water partition coefficient (Wildman–Crippen LogP) is 5.65. The van der Waals surface area contributed by atoms with Gasteiger partial charge in [-0.2, -0.15) is 0 Å². The van der Waals surface area contributed by atoms with Crippen molar-refractivity contribution in [2.24, 2.45) is 0 Å². The van der Waals surface area contributed by atoms with Crippen LogP contribution in [0.3, 0.4) is 0 Å². The molecule has 0 spiro atoms. The summed E-state index contributed by atoms with van der Waals surface area (Å²) in [5, 5.41) is 2.84. The van der Waals surface area contributed by atoms with Crippen LogP contribution in [0.25, 0.3) is 17.3 Å². The van der Waals surface area contributed by atoms with Gasteiger partial charge in [-0.15, -0.1) is 0 Å². The van der Waals surface area contributed by atoms with E-state index in [1.165, 1.54) is 12.1 Å². The Bertz CT molecular complexity index is 1010. The summed E-state index contributed by atoms with van der Waals surface area (Å²) in [6, 6.07) is 13.6. The highest BCUT2D eigenvalue weighted by molar-refractivity contribution is 9.10. The van der Waals surface area contributed by atoms with Gasteiger partial charge in [0, 0.05) is 10.0 Å². The molecule has 0 radical (unpaired) electrons. The van der Waals surface area contributed by atoms with Gasteiger partial charge in [-0.3, -0.25) is 4.79 Å². The molecule has 1 N–H and O–H groups in total. The van der Waals surface area contributed by atoms with E-state index in [0.717, 1.165) is 21.2 Å². The van der Waals surface area contributed by atoms with E-state index in [-0.39, 0.29) is 18.1 Å². The van der Waals surface area contributed by atoms with Crippen molar-refractivity contribution >= 4 is 33.7 Å². The van der Waals surface area contributed by atoms with E-state index in [9.17, 15) is 9.18 Å². The molecule has 0 saturated carbocycles. The van der Waals surface area contributed by atoms with Crippen molar-refractivity contribution in [3.63, 3.8) is 0 Å². The van der Waals surface area contributed by atoms with Crippen LogP contribution in [-0.4, -0.2) is 15.9 Å². The number of hydrogen-bond donors (Lipinski definition) is 1. The summed E-state index contributed by atoms with van der Waals surface area (Å²) in [6.07, 6.45) is 3.67. The molecule has 1 aromatic heterocycles. The van der Waals surface area contributed by atoms with Gasteiger partial charge in [0.2, 0.25) is 5.91 Å². The smallest absolute Gasteiger partial charge is 0.230 e. The highest BCUT2D eigenvalue weighted by Crippen LogP contribution is 2.22. The number of aromatic nitrogens is 2. The number of halogens is 2. The summed E-state index contributed by atoms with van der Waals surface area (Å²) in [4.78, 5) is 21.4. The summed E-state index contributed by atoms with van der Waals surface area (Å²) in [5.41, 5.74) is 3.85. The van der Waals surface area contributed by atoms with Gasteiger partial charge in [0.25, 0.3) is 0 Å². The van der Waals surface area contributed by atoms with Crippen molar-refractivity contribution < 1.29 is 9.18 Å². The van der Waals surface area contributed by atoms with E-state index < -0.39 is 0 Å². The van der Waals surface area contributed by atoms with Crippen molar-refractivity contribution in [3.8, 4) is 11.3 Å². The number of anilines is 1. The molecular formula is C22H19BrFN3O. The minimum atomic E-state index is -0.307. The quantitative estimate of drug-likeness (QED) is 0.558. The number of carbonyl (C=O) groups excluding carboxylic acids is 1. The molecule has 1 heterocycles. The van der Waals surface area contributed by atoms with E-state index in [1.807, 2.05) is 44.2 Å². The van der Waals surface area contributed by atoms with Gasteiger partial charge in [0.05, 0.1) is 18.3 Å². The number of carbonyl (C=O) groups is 1. The zero-order valence-electron chi connectivity index (χ0n) is 15.5. The third kappa shape index (κ3) is 5.33. The average molecular weight is 440 g/mol. The van der Waals surface area contributed by atoms with Crippen molar-refractivity contribution in [2.45, 2.75) is 20.3 Å². The molecule has 142 valence electrons. The molecule has 6 heteroatoms. The monoisotopic (exact) mass is 439 g/mol. The zero-order valence-corrected chi connectivity index (χ0v) is 17.1. The van der Waals surface area contributed by atoms with Gasteiger partial charge in [0.15, 0.2) is 5.82 Å². The Hall–Kier alpha value is -2.86. The molecule has 28 heavy (non-hydrogen) atoms. The van der Waals surface area contributed by atoms with Crippen LogP contribution >= 0.6 is 15.9 Å². The van der Waals surface area contributed by atoms with Crippen molar-refractivity contribution in [3.05, 3.63) is 81.8 Å². The van der Waals surface area contributed by atoms with Gasteiger partial charge in [-0.05, 0) is 61.9 Å². The molecule has 0 fully saturated rings. The van der Waals surface area contributed by atoms with E-state index in [1.54, 1.807) is 18.3 Å². The molecule has 4 nitrogen and oxygen atoms in total. The first-order valence-electron chi connectivity index (χ1n) is 8.73. The van der Waals surface area contributed by atoms with Crippen LogP contribution < -0.4 is 5.32 Å². The second-order valence-corrected chi connectivity index (χ2v) is 7.48. The molecular weight excluding hydrogens is 421 g/mol. The standard InChI is InChI=1S/C22H19BrFN3O/c1-14(2)11-19-22(27-21(28)12-15-3-7-17(23)8-4-15)25-13-20(26-19)16-5-9-18(24)10-6-16/h3-11,13H,12H2,1-2H3,(H,25,27,28). The number of nitrogens with zero attached hydrogens (tertiary/aromatic N) is 2. The Labute approximate surface area is 171 Å².